The molecule has 1 fully saturated rings. The average molecular weight is 311 g/mol. The van der Waals surface area contributed by atoms with Crippen LogP contribution < -0.4 is 5.11 Å². The summed E-state index contributed by atoms with van der Waals surface area (Å²) in [6, 6.07) is 3.04. The molecule has 114 valence electrons. The zero-order valence-corrected chi connectivity index (χ0v) is 12.7. The Kier molecular flexibility index (Phi) is 4.67. The molecule has 7 heteroatoms. The fourth-order valence-electron chi connectivity index (χ4n) is 2.60. The molecule has 0 N–H and O–H groups in total. The second kappa shape index (κ2) is 6.30. The van der Waals surface area contributed by atoms with Crippen molar-refractivity contribution in [2.24, 2.45) is 5.10 Å². The highest BCUT2D eigenvalue weighted by molar-refractivity contribution is 6.31. The van der Waals surface area contributed by atoms with Crippen molar-refractivity contribution >= 4 is 23.5 Å². The molecule has 1 saturated heterocycles. The minimum atomic E-state index is -0.725. The van der Waals surface area contributed by atoms with Crippen molar-refractivity contribution in [2.75, 3.05) is 0 Å². The van der Waals surface area contributed by atoms with Gasteiger partial charge in [0.1, 0.15) is 0 Å². The number of hydrazone groups is 1. The first-order chi connectivity index (χ1) is 9.90. The number of benzene rings is 1. The quantitative estimate of drug-likeness (QED) is 0.488. The van der Waals surface area contributed by atoms with E-state index in [0.29, 0.717) is 0 Å². The predicted octanol–water partition coefficient (Wildman–Crippen LogP) is 2.92. The molecular formula is C14H17ClN3O3-. The van der Waals surface area contributed by atoms with Crippen LogP contribution in [0.1, 0.15) is 38.7 Å². The van der Waals surface area contributed by atoms with Crippen molar-refractivity contribution in [2.45, 2.75) is 45.2 Å². The lowest BCUT2D eigenvalue weighted by atomic mass is 10.00. The first-order valence-electron chi connectivity index (χ1n) is 6.87. The molecule has 2 atom stereocenters. The molecule has 0 amide bonds. The summed E-state index contributed by atoms with van der Waals surface area (Å²) in [5.74, 6) is -0.662. The van der Waals surface area contributed by atoms with Crippen LogP contribution in [0.2, 0.25) is 5.02 Å². The molecule has 0 aromatic heterocycles. The van der Waals surface area contributed by atoms with Gasteiger partial charge < -0.3 is 5.11 Å². The summed E-state index contributed by atoms with van der Waals surface area (Å²) < 4.78 is 0. The highest BCUT2D eigenvalue weighted by atomic mass is 35.5. The first kappa shape index (κ1) is 15.6. The maximum atomic E-state index is 12.0. The second-order valence-corrected chi connectivity index (χ2v) is 5.79. The molecular weight excluding hydrogens is 294 g/mol. The van der Waals surface area contributed by atoms with Crippen molar-refractivity contribution in [3.8, 4) is 5.75 Å². The zero-order chi connectivity index (χ0) is 15.6. The Labute approximate surface area is 128 Å². The Morgan fingerprint density at radius 2 is 2.00 bits per heavy atom. The Morgan fingerprint density at radius 3 is 2.57 bits per heavy atom. The monoisotopic (exact) mass is 310 g/mol. The molecule has 0 unspecified atom stereocenters. The number of hydrogen-bond acceptors (Lipinski definition) is 5. The van der Waals surface area contributed by atoms with Crippen molar-refractivity contribution < 1.29 is 10.0 Å². The SMILES string of the molecule is C[C@H]1CCC[C@H](C)N1/N=C\c1cc(Cl)cc([N+](=O)[O-])c1[O-]. The van der Waals surface area contributed by atoms with Crippen LogP contribution in [0.25, 0.3) is 0 Å². The van der Waals surface area contributed by atoms with Gasteiger partial charge in [0.05, 0.1) is 11.1 Å². The first-order valence-corrected chi connectivity index (χ1v) is 7.25. The van der Waals surface area contributed by atoms with Crippen molar-refractivity contribution in [3.63, 3.8) is 0 Å². The third-order valence-electron chi connectivity index (χ3n) is 3.74. The van der Waals surface area contributed by atoms with Crippen LogP contribution in [0.5, 0.6) is 5.75 Å². The lowest BCUT2D eigenvalue weighted by Crippen LogP contribution is -2.39. The van der Waals surface area contributed by atoms with Crippen LogP contribution in [-0.4, -0.2) is 28.2 Å². The molecule has 0 aliphatic carbocycles. The van der Waals surface area contributed by atoms with Crippen LogP contribution in [0.4, 0.5) is 5.69 Å². The topological polar surface area (TPSA) is 81.8 Å². The molecule has 1 aromatic rings. The van der Waals surface area contributed by atoms with Gasteiger partial charge in [-0.15, -0.1) is 0 Å². The number of hydrogen-bond donors (Lipinski definition) is 0. The Bertz CT molecular complexity index is 567. The molecule has 0 radical (unpaired) electrons. The van der Waals surface area contributed by atoms with Gasteiger partial charge in [0.2, 0.25) is 0 Å². The van der Waals surface area contributed by atoms with Crippen molar-refractivity contribution in [1.82, 2.24) is 5.01 Å². The van der Waals surface area contributed by atoms with E-state index < -0.39 is 16.4 Å². The van der Waals surface area contributed by atoms with Gasteiger partial charge in [0, 0.05) is 23.2 Å². The van der Waals surface area contributed by atoms with E-state index in [1.165, 1.54) is 12.3 Å². The highest BCUT2D eigenvalue weighted by Crippen LogP contribution is 2.30. The smallest absolute Gasteiger partial charge is 0.263 e. The fourth-order valence-corrected chi connectivity index (χ4v) is 2.82. The Balaban J connectivity index is 2.30. The predicted molar refractivity (Wildman–Crippen MR) is 79.8 cm³/mol. The van der Waals surface area contributed by atoms with E-state index in [2.05, 4.69) is 18.9 Å². The Hall–Kier alpha value is -1.82. The number of piperidine rings is 1. The maximum Gasteiger partial charge on any atom is 0.263 e. The van der Waals surface area contributed by atoms with Gasteiger partial charge in [0.15, 0.2) is 0 Å². The van der Waals surface area contributed by atoms with E-state index in [1.807, 2.05) is 5.01 Å². The maximum absolute atomic E-state index is 12.0. The van der Waals surface area contributed by atoms with Gasteiger partial charge in [-0.1, -0.05) is 11.6 Å². The van der Waals surface area contributed by atoms with Crippen LogP contribution in [-0.2, 0) is 0 Å². The third-order valence-corrected chi connectivity index (χ3v) is 3.95. The lowest BCUT2D eigenvalue weighted by Gasteiger charge is -2.36. The molecule has 0 spiro atoms. The molecule has 0 bridgehead atoms. The van der Waals surface area contributed by atoms with Gasteiger partial charge in [0.25, 0.3) is 5.69 Å². The number of nitro groups is 1. The van der Waals surface area contributed by atoms with Crippen molar-refractivity contribution in [1.29, 1.82) is 0 Å². The largest absolute Gasteiger partial charge is 0.867 e. The van der Waals surface area contributed by atoms with Crippen LogP contribution in [0.15, 0.2) is 17.2 Å². The van der Waals surface area contributed by atoms with Crippen LogP contribution in [0.3, 0.4) is 0 Å². The summed E-state index contributed by atoms with van der Waals surface area (Å²) in [6.45, 7) is 4.15. The summed E-state index contributed by atoms with van der Waals surface area (Å²) >= 11 is 5.83. The summed E-state index contributed by atoms with van der Waals surface area (Å²) in [6.07, 6.45) is 4.62. The molecule has 21 heavy (non-hydrogen) atoms. The van der Waals surface area contributed by atoms with E-state index in [-0.39, 0.29) is 22.7 Å². The summed E-state index contributed by atoms with van der Waals surface area (Å²) in [4.78, 5) is 10.1. The lowest BCUT2D eigenvalue weighted by molar-refractivity contribution is -0.398. The molecule has 1 aliphatic heterocycles. The summed E-state index contributed by atoms with van der Waals surface area (Å²) in [7, 11) is 0. The number of nitro benzene ring substituents is 1. The van der Waals surface area contributed by atoms with E-state index in [4.69, 9.17) is 11.6 Å². The minimum Gasteiger partial charge on any atom is -0.867 e. The normalized spacial score (nSPS) is 22.7. The number of rotatable bonds is 3. The van der Waals surface area contributed by atoms with E-state index >= 15 is 0 Å². The molecule has 6 nitrogen and oxygen atoms in total. The van der Waals surface area contributed by atoms with E-state index in [9.17, 15) is 15.2 Å². The third kappa shape index (κ3) is 3.44. The molecule has 1 aromatic carbocycles. The molecule has 1 aliphatic rings. The summed E-state index contributed by atoms with van der Waals surface area (Å²) in [5.41, 5.74) is -0.386. The molecule has 0 saturated carbocycles. The molecule has 2 rings (SSSR count). The number of halogens is 1. The van der Waals surface area contributed by atoms with Crippen LogP contribution in [0, 0.1) is 10.1 Å². The second-order valence-electron chi connectivity index (χ2n) is 5.35. The van der Waals surface area contributed by atoms with Crippen LogP contribution >= 0.6 is 11.6 Å². The highest BCUT2D eigenvalue weighted by Gasteiger charge is 2.22. The van der Waals surface area contributed by atoms with Gasteiger partial charge >= 0.3 is 0 Å². The number of nitrogens with zero attached hydrogens (tertiary/aromatic N) is 3. The standard InChI is InChI=1S/C14H18ClN3O3/c1-9-4-3-5-10(2)17(9)16-8-11-6-12(15)7-13(14(11)19)18(20)21/h6-10,19H,3-5H2,1-2H3/p-1/b16-8-/t9-,10-/m0/s1. The average Bonchev–Trinajstić information content (AvgIpc) is 2.41. The van der Waals surface area contributed by atoms with Gasteiger partial charge in [-0.3, -0.25) is 15.1 Å². The summed E-state index contributed by atoms with van der Waals surface area (Å²) in [5, 5.41) is 29.3. The zero-order valence-electron chi connectivity index (χ0n) is 12.0. The molecule has 1 heterocycles. The Morgan fingerprint density at radius 1 is 1.38 bits per heavy atom. The van der Waals surface area contributed by atoms with Gasteiger partial charge in [-0.25, -0.2) is 0 Å². The van der Waals surface area contributed by atoms with E-state index in [1.54, 1.807) is 0 Å². The fraction of sp³-hybridized carbons (Fsp3) is 0.500. The van der Waals surface area contributed by atoms with Gasteiger partial charge in [-0.05, 0) is 50.5 Å². The van der Waals surface area contributed by atoms with Crippen molar-refractivity contribution in [3.05, 3.63) is 32.8 Å². The van der Waals surface area contributed by atoms with Gasteiger partial charge in [-0.2, -0.15) is 5.10 Å². The van der Waals surface area contributed by atoms with E-state index in [0.717, 1.165) is 25.3 Å². The minimum absolute atomic E-state index is 0.138.